The first kappa shape index (κ1) is 15.2. The molecule has 1 aromatic carbocycles. The predicted octanol–water partition coefficient (Wildman–Crippen LogP) is 3.20. The van der Waals surface area contributed by atoms with Crippen molar-refractivity contribution >= 4 is 34.9 Å². The van der Waals surface area contributed by atoms with Gasteiger partial charge < -0.3 is 10.6 Å². The molecule has 1 rings (SSSR count). The van der Waals surface area contributed by atoms with Crippen molar-refractivity contribution < 1.29 is 0 Å². The van der Waals surface area contributed by atoms with Crippen molar-refractivity contribution in [1.29, 1.82) is 5.41 Å². The lowest BCUT2D eigenvalue weighted by Crippen LogP contribution is -2.31. The number of nitrogens with zero attached hydrogens (tertiary/aromatic N) is 1. The van der Waals surface area contributed by atoms with Crippen molar-refractivity contribution in [1.82, 2.24) is 0 Å². The normalized spacial score (nSPS) is 12.2. The van der Waals surface area contributed by atoms with Crippen LogP contribution >= 0.6 is 23.4 Å². The predicted molar refractivity (Wildman–Crippen MR) is 83.3 cm³/mol. The molecule has 18 heavy (non-hydrogen) atoms. The second kappa shape index (κ2) is 6.90. The van der Waals surface area contributed by atoms with E-state index in [0.29, 0.717) is 16.6 Å². The maximum absolute atomic E-state index is 7.63. The number of hydrogen-bond donors (Lipinski definition) is 2. The van der Waals surface area contributed by atoms with Crippen LogP contribution in [0.25, 0.3) is 0 Å². The van der Waals surface area contributed by atoms with Crippen LogP contribution in [-0.4, -0.2) is 30.9 Å². The third-order valence-corrected chi connectivity index (χ3v) is 3.91. The van der Waals surface area contributed by atoms with Crippen LogP contribution in [0.3, 0.4) is 0 Å². The Kier molecular flexibility index (Phi) is 5.82. The van der Waals surface area contributed by atoms with Gasteiger partial charge in [-0.05, 0) is 43.6 Å². The highest BCUT2D eigenvalue weighted by Crippen LogP contribution is 2.25. The van der Waals surface area contributed by atoms with Gasteiger partial charge in [0, 0.05) is 29.4 Å². The van der Waals surface area contributed by atoms with E-state index in [4.69, 9.17) is 22.7 Å². The number of benzene rings is 1. The molecule has 5 heteroatoms. The summed E-state index contributed by atoms with van der Waals surface area (Å²) in [6.07, 6.45) is 3.20. The van der Waals surface area contributed by atoms with Crippen molar-refractivity contribution in [3.63, 3.8) is 0 Å². The highest BCUT2D eigenvalue weighted by Gasteiger charge is 2.15. The summed E-state index contributed by atoms with van der Waals surface area (Å²) in [5.41, 5.74) is 7.27. The number of nitrogen functional groups attached to an aromatic ring is 1. The smallest absolute Gasteiger partial charge is 0.124 e. The molecule has 0 saturated heterocycles. The summed E-state index contributed by atoms with van der Waals surface area (Å²) in [4.78, 5) is 2.16. The first-order chi connectivity index (χ1) is 8.47. The molecule has 0 aliphatic rings. The maximum Gasteiger partial charge on any atom is 0.124 e. The number of rotatable bonds is 6. The quantitative estimate of drug-likeness (QED) is 0.623. The fourth-order valence-corrected chi connectivity index (χ4v) is 2.50. The van der Waals surface area contributed by atoms with Gasteiger partial charge in [-0.1, -0.05) is 11.6 Å². The molecule has 100 valence electrons. The standard InChI is InChI=1S/C13H20ClN3S/c1-9(6-7-18-3)17(2)12-5-4-10(14)8-11(12)13(15)16/h4-5,8-9H,6-7H2,1-3H3,(H3,15,16). The summed E-state index contributed by atoms with van der Waals surface area (Å²) >= 11 is 7.80. The molecule has 0 aliphatic heterocycles. The van der Waals surface area contributed by atoms with E-state index < -0.39 is 0 Å². The number of amidine groups is 1. The van der Waals surface area contributed by atoms with Gasteiger partial charge in [0.2, 0.25) is 0 Å². The van der Waals surface area contributed by atoms with Crippen LogP contribution in [0.4, 0.5) is 5.69 Å². The summed E-state index contributed by atoms with van der Waals surface area (Å²) in [6.45, 7) is 2.18. The average Bonchev–Trinajstić information content (AvgIpc) is 2.34. The van der Waals surface area contributed by atoms with Crippen LogP contribution in [0.1, 0.15) is 18.9 Å². The molecule has 0 aliphatic carbocycles. The lowest BCUT2D eigenvalue weighted by Gasteiger charge is -2.28. The lowest BCUT2D eigenvalue weighted by atomic mass is 10.1. The summed E-state index contributed by atoms with van der Waals surface area (Å²) in [5, 5.41) is 8.24. The Bertz CT molecular complexity index is 423. The van der Waals surface area contributed by atoms with Gasteiger partial charge >= 0.3 is 0 Å². The topological polar surface area (TPSA) is 53.1 Å². The van der Waals surface area contributed by atoms with Gasteiger partial charge in [-0.25, -0.2) is 0 Å². The Morgan fingerprint density at radius 1 is 1.56 bits per heavy atom. The second-order valence-corrected chi connectivity index (χ2v) is 5.74. The molecule has 3 nitrogen and oxygen atoms in total. The minimum atomic E-state index is 0.0522. The van der Waals surface area contributed by atoms with E-state index in [2.05, 4.69) is 18.1 Å². The van der Waals surface area contributed by atoms with Crippen molar-refractivity contribution in [3.05, 3.63) is 28.8 Å². The average molecular weight is 286 g/mol. The number of nitrogens with two attached hydrogens (primary N) is 1. The molecule has 0 bridgehead atoms. The monoisotopic (exact) mass is 285 g/mol. The van der Waals surface area contributed by atoms with Crippen LogP contribution in [0.2, 0.25) is 5.02 Å². The maximum atomic E-state index is 7.63. The van der Waals surface area contributed by atoms with E-state index in [0.717, 1.165) is 17.9 Å². The molecule has 0 amide bonds. The first-order valence-corrected chi connectivity index (χ1v) is 7.60. The lowest BCUT2D eigenvalue weighted by molar-refractivity contribution is 0.669. The first-order valence-electron chi connectivity index (χ1n) is 5.83. The Morgan fingerprint density at radius 2 is 2.22 bits per heavy atom. The van der Waals surface area contributed by atoms with Gasteiger partial charge in [0.05, 0.1) is 0 Å². The molecule has 0 saturated carbocycles. The second-order valence-electron chi connectivity index (χ2n) is 4.32. The minimum Gasteiger partial charge on any atom is -0.384 e. The highest BCUT2D eigenvalue weighted by atomic mass is 35.5. The van der Waals surface area contributed by atoms with Crippen LogP contribution in [-0.2, 0) is 0 Å². The van der Waals surface area contributed by atoms with Crippen LogP contribution in [0.5, 0.6) is 0 Å². The Balaban J connectivity index is 2.97. The van der Waals surface area contributed by atoms with Gasteiger partial charge in [-0.15, -0.1) is 0 Å². The number of nitrogens with one attached hydrogen (secondary N) is 1. The zero-order chi connectivity index (χ0) is 13.7. The van der Waals surface area contributed by atoms with E-state index in [1.807, 2.05) is 30.9 Å². The van der Waals surface area contributed by atoms with E-state index in [1.165, 1.54) is 0 Å². The fraction of sp³-hybridized carbons (Fsp3) is 0.462. The zero-order valence-electron chi connectivity index (χ0n) is 11.0. The van der Waals surface area contributed by atoms with Gasteiger partial charge in [0.15, 0.2) is 0 Å². The Hall–Kier alpha value is -0.870. The summed E-state index contributed by atoms with van der Waals surface area (Å²) in [7, 11) is 2.03. The molecular weight excluding hydrogens is 266 g/mol. The molecule has 0 aromatic heterocycles. The van der Waals surface area contributed by atoms with E-state index in [9.17, 15) is 0 Å². The SMILES string of the molecule is CSCCC(C)N(C)c1ccc(Cl)cc1C(=N)N. The number of anilines is 1. The van der Waals surface area contributed by atoms with Gasteiger partial charge in [0.25, 0.3) is 0 Å². The summed E-state index contributed by atoms with van der Waals surface area (Å²) < 4.78 is 0. The van der Waals surface area contributed by atoms with Crippen LogP contribution in [0.15, 0.2) is 18.2 Å². The molecule has 0 fully saturated rings. The highest BCUT2D eigenvalue weighted by molar-refractivity contribution is 7.98. The molecule has 0 radical (unpaired) electrons. The molecule has 1 atom stereocenters. The number of thioether (sulfide) groups is 1. The fourth-order valence-electron chi connectivity index (χ4n) is 1.75. The van der Waals surface area contributed by atoms with Gasteiger partial charge in [0.1, 0.15) is 5.84 Å². The Labute approximate surface area is 118 Å². The van der Waals surface area contributed by atoms with Crippen molar-refractivity contribution in [2.45, 2.75) is 19.4 Å². The Morgan fingerprint density at radius 3 is 2.78 bits per heavy atom. The number of halogens is 1. The van der Waals surface area contributed by atoms with E-state index in [-0.39, 0.29) is 5.84 Å². The van der Waals surface area contributed by atoms with Crippen molar-refractivity contribution in [3.8, 4) is 0 Å². The van der Waals surface area contributed by atoms with Crippen molar-refractivity contribution in [2.24, 2.45) is 5.73 Å². The van der Waals surface area contributed by atoms with E-state index >= 15 is 0 Å². The van der Waals surface area contributed by atoms with Crippen molar-refractivity contribution in [2.75, 3.05) is 24.0 Å². The molecule has 3 N–H and O–H groups in total. The molecular formula is C13H20ClN3S. The molecule has 0 spiro atoms. The van der Waals surface area contributed by atoms with Crippen LogP contribution < -0.4 is 10.6 Å². The summed E-state index contributed by atoms with van der Waals surface area (Å²) in [6, 6.07) is 5.91. The molecule has 0 heterocycles. The largest absolute Gasteiger partial charge is 0.384 e. The minimum absolute atomic E-state index is 0.0522. The molecule has 1 unspecified atom stereocenters. The number of hydrogen-bond acceptors (Lipinski definition) is 3. The third-order valence-electron chi connectivity index (χ3n) is 3.03. The zero-order valence-corrected chi connectivity index (χ0v) is 12.6. The molecule has 1 aromatic rings. The van der Waals surface area contributed by atoms with E-state index in [1.54, 1.807) is 6.07 Å². The van der Waals surface area contributed by atoms with Gasteiger partial charge in [-0.2, -0.15) is 11.8 Å². The van der Waals surface area contributed by atoms with Crippen LogP contribution in [0, 0.1) is 5.41 Å². The van der Waals surface area contributed by atoms with Gasteiger partial charge in [-0.3, -0.25) is 5.41 Å². The third kappa shape index (κ3) is 3.82. The summed E-state index contributed by atoms with van der Waals surface area (Å²) in [5.74, 6) is 1.17.